The highest BCUT2D eigenvalue weighted by Crippen LogP contribution is 2.12. The molecule has 0 amide bonds. The number of nitrogens with zero attached hydrogens (tertiary/aromatic N) is 1. The fourth-order valence-electron chi connectivity index (χ4n) is 0.812. The van der Waals surface area contributed by atoms with Crippen molar-refractivity contribution in [1.29, 1.82) is 0 Å². The van der Waals surface area contributed by atoms with E-state index in [9.17, 15) is 0 Å². The molecule has 0 bridgehead atoms. The van der Waals surface area contributed by atoms with Gasteiger partial charge in [0.05, 0.1) is 6.21 Å². The van der Waals surface area contributed by atoms with Crippen LogP contribution in [0.3, 0.4) is 0 Å². The summed E-state index contributed by atoms with van der Waals surface area (Å²) in [7, 11) is 0. The van der Waals surface area contributed by atoms with Gasteiger partial charge in [0.15, 0.2) is 0 Å². The molecule has 72 valence electrons. The summed E-state index contributed by atoms with van der Waals surface area (Å²) in [5, 5.41) is 4.16. The van der Waals surface area contributed by atoms with E-state index in [0.29, 0.717) is 0 Å². The van der Waals surface area contributed by atoms with Gasteiger partial charge in [0.2, 0.25) is 0 Å². The third-order valence-electron chi connectivity index (χ3n) is 1.35. The quantitative estimate of drug-likeness (QED) is 0.571. The molecular formula is C10H16N2S. The van der Waals surface area contributed by atoms with E-state index in [2.05, 4.69) is 50.4 Å². The summed E-state index contributed by atoms with van der Waals surface area (Å²) in [6.45, 7) is 8.36. The van der Waals surface area contributed by atoms with E-state index in [1.807, 2.05) is 6.21 Å². The molecule has 0 unspecified atom stereocenters. The molecule has 13 heavy (non-hydrogen) atoms. The van der Waals surface area contributed by atoms with Gasteiger partial charge in [0.1, 0.15) is 0 Å². The standard InChI is InChI=1S/C10H16N2S/c1-8-5-6-9(13-8)7-11-12-10(2,3)4/h5-7,12H,1-4H3/b11-7-. The van der Waals surface area contributed by atoms with Gasteiger partial charge >= 0.3 is 0 Å². The Balaban J connectivity index is 2.50. The van der Waals surface area contributed by atoms with E-state index in [1.54, 1.807) is 11.3 Å². The van der Waals surface area contributed by atoms with Crippen LogP contribution in [0.5, 0.6) is 0 Å². The Bertz CT molecular complexity index is 294. The van der Waals surface area contributed by atoms with Crippen LogP contribution in [-0.4, -0.2) is 11.8 Å². The first-order valence-corrected chi connectivity index (χ1v) is 5.16. The largest absolute Gasteiger partial charge is 0.305 e. The van der Waals surface area contributed by atoms with Crippen LogP contribution in [0.2, 0.25) is 0 Å². The number of aryl methyl sites for hydroxylation is 1. The van der Waals surface area contributed by atoms with E-state index in [0.717, 1.165) is 0 Å². The highest BCUT2D eigenvalue weighted by atomic mass is 32.1. The Morgan fingerprint density at radius 1 is 1.38 bits per heavy atom. The third-order valence-corrected chi connectivity index (χ3v) is 2.29. The fourth-order valence-corrected chi connectivity index (χ4v) is 1.56. The molecule has 0 atom stereocenters. The summed E-state index contributed by atoms with van der Waals surface area (Å²) in [6.07, 6.45) is 1.86. The van der Waals surface area contributed by atoms with Crippen molar-refractivity contribution in [3.05, 3.63) is 21.9 Å². The van der Waals surface area contributed by atoms with Gasteiger partial charge in [0.25, 0.3) is 0 Å². The highest BCUT2D eigenvalue weighted by Gasteiger charge is 2.05. The van der Waals surface area contributed by atoms with Crippen molar-refractivity contribution < 1.29 is 0 Å². The van der Waals surface area contributed by atoms with Crippen molar-refractivity contribution in [1.82, 2.24) is 5.43 Å². The van der Waals surface area contributed by atoms with Crippen molar-refractivity contribution in [2.24, 2.45) is 5.10 Å². The smallest absolute Gasteiger partial charge is 0.0640 e. The van der Waals surface area contributed by atoms with Gasteiger partial charge in [-0.3, -0.25) is 0 Å². The molecule has 0 saturated carbocycles. The minimum atomic E-state index is 0.0444. The number of thiophene rings is 1. The average molecular weight is 196 g/mol. The van der Waals surface area contributed by atoms with Crippen molar-refractivity contribution in [3.63, 3.8) is 0 Å². The molecule has 1 aromatic rings. The Morgan fingerprint density at radius 2 is 2.08 bits per heavy atom. The number of hydrogen-bond donors (Lipinski definition) is 1. The zero-order valence-corrected chi connectivity index (χ0v) is 9.40. The van der Waals surface area contributed by atoms with Gasteiger partial charge in [-0.15, -0.1) is 11.3 Å². The van der Waals surface area contributed by atoms with E-state index >= 15 is 0 Å². The third kappa shape index (κ3) is 4.08. The Labute approximate surface area is 83.7 Å². The first-order valence-electron chi connectivity index (χ1n) is 4.34. The van der Waals surface area contributed by atoms with Crippen LogP contribution >= 0.6 is 11.3 Å². The fraction of sp³-hybridized carbons (Fsp3) is 0.500. The molecule has 0 spiro atoms. The van der Waals surface area contributed by atoms with Gasteiger partial charge in [-0.2, -0.15) is 5.10 Å². The second-order valence-corrected chi connectivity index (χ2v) is 5.39. The number of nitrogens with one attached hydrogen (secondary N) is 1. The Kier molecular flexibility index (Phi) is 3.09. The average Bonchev–Trinajstić information content (AvgIpc) is 2.33. The molecule has 0 aromatic carbocycles. The summed E-state index contributed by atoms with van der Waals surface area (Å²) in [4.78, 5) is 2.51. The molecule has 1 heterocycles. The maximum absolute atomic E-state index is 4.16. The second kappa shape index (κ2) is 3.92. The minimum absolute atomic E-state index is 0.0444. The first kappa shape index (κ1) is 10.3. The lowest BCUT2D eigenvalue weighted by molar-refractivity contribution is 0.442. The monoisotopic (exact) mass is 196 g/mol. The van der Waals surface area contributed by atoms with E-state index in [-0.39, 0.29) is 5.54 Å². The SMILES string of the molecule is Cc1ccc(/C=N\NC(C)(C)C)s1. The lowest BCUT2D eigenvalue weighted by Crippen LogP contribution is -2.31. The summed E-state index contributed by atoms with van der Waals surface area (Å²) < 4.78 is 0. The maximum atomic E-state index is 4.16. The lowest BCUT2D eigenvalue weighted by atomic mass is 10.1. The van der Waals surface area contributed by atoms with E-state index in [4.69, 9.17) is 0 Å². The van der Waals surface area contributed by atoms with Crippen molar-refractivity contribution in [3.8, 4) is 0 Å². The Hall–Kier alpha value is -0.830. The molecule has 3 heteroatoms. The van der Waals surface area contributed by atoms with Crippen molar-refractivity contribution in [2.45, 2.75) is 33.2 Å². The van der Waals surface area contributed by atoms with Gasteiger partial charge in [-0.25, -0.2) is 0 Å². The normalized spacial score (nSPS) is 12.3. The summed E-state index contributed by atoms with van der Waals surface area (Å²) in [6, 6.07) is 4.18. The zero-order valence-electron chi connectivity index (χ0n) is 8.59. The highest BCUT2D eigenvalue weighted by molar-refractivity contribution is 7.13. The van der Waals surface area contributed by atoms with Crippen LogP contribution in [0.1, 0.15) is 30.5 Å². The molecule has 0 saturated heterocycles. The number of hydrogen-bond acceptors (Lipinski definition) is 3. The predicted molar refractivity (Wildman–Crippen MR) is 59.5 cm³/mol. The van der Waals surface area contributed by atoms with E-state index < -0.39 is 0 Å². The molecule has 2 nitrogen and oxygen atoms in total. The van der Waals surface area contributed by atoms with E-state index in [1.165, 1.54) is 9.75 Å². The van der Waals surface area contributed by atoms with Crippen LogP contribution in [0.15, 0.2) is 17.2 Å². The Morgan fingerprint density at radius 3 is 2.54 bits per heavy atom. The second-order valence-electron chi connectivity index (χ2n) is 4.07. The van der Waals surface area contributed by atoms with Gasteiger partial charge in [-0.1, -0.05) is 0 Å². The summed E-state index contributed by atoms with van der Waals surface area (Å²) in [5.41, 5.74) is 3.10. The first-order chi connectivity index (χ1) is 5.97. The molecular weight excluding hydrogens is 180 g/mol. The predicted octanol–water partition coefficient (Wildman–Crippen LogP) is 2.78. The summed E-state index contributed by atoms with van der Waals surface area (Å²) >= 11 is 1.75. The number of hydrazone groups is 1. The van der Waals surface area contributed by atoms with Gasteiger partial charge < -0.3 is 5.43 Å². The zero-order chi connectivity index (χ0) is 9.90. The molecule has 0 aliphatic carbocycles. The van der Waals surface area contributed by atoms with Crippen LogP contribution in [0.25, 0.3) is 0 Å². The maximum Gasteiger partial charge on any atom is 0.0640 e. The molecule has 0 radical (unpaired) electrons. The van der Waals surface area contributed by atoms with Crippen molar-refractivity contribution in [2.75, 3.05) is 0 Å². The number of rotatable bonds is 2. The van der Waals surface area contributed by atoms with Crippen LogP contribution in [-0.2, 0) is 0 Å². The topological polar surface area (TPSA) is 24.4 Å². The van der Waals surface area contributed by atoms with Gasteiger partial charge in [-0.05, 0) is 39.8 Å². The van der Waals surface area contributed by atoms with Crippen LogP contribution in [0, 0.1) is 6.92 Å². The van der Waals surface area contributed by atoms with Crippen LogP contribution < -0.4 is 5.43 Å². The molecule has 1 N–H and O–H groups in total. The molecule has 1 rings (SSSR count). The molecule has 0 aliphatic rings. The summed E-state index contributed by atoms with van der Waals surface area (Å²) in [5.74, 6) is 0. The molecule has 0 aliphatic heterocycles. The lowest BCUT2D eigenvalue weighted by Gasteiger charge is -2.16. The van der Waals surface area contributed by atoms with Crippen molar-refractivity contribution >= 4 is 17.6 Å². The molecule has 0 fully saturated rings. The van der Waals surface area contributed by atoms with Crippen LogP contribution in [0.4, 0.5) is 0 Å². The van der Waals surface area contributed by atoms with Gasteiger partial charge in [0, 0.05) is 15.3 Å². The minimum Gasteiger partial charge on any atom is -0.305 e. The molecule has 1 aromatic heterocycles.